The van der Waals surface area contributed by atoms with Gasteiger partial charge in [-0.15, -0.1) is 0 Å². The number of carbonyl (C=O) groups is 2. The largest absolute Gasteiger partial charge is 0.329 e. The van der Waals surface area contributed by atoms with E-state index in [9.17, 15) is 9.59 Å². The number of benzene rings is 1. The molecule has 1 fully saturated rings. The topological polar surface area (TPSA) is 75.4 Å². The number of nitrogens with two attached hydrogens (primary N) is 1. The molecule has 2 rings (SSSR count). The summed E-state index contributed by atoms with van der Waals surface area (Å²) in [6, 6.07) is 7.36. The first-order chi connectivity index (χ1) is 9.44. The van der Waals surface area contributed by atoms with Gasteiger partial charge in [-0.1, -0.05) is 6.07 Å². The minimum Gasteiger partial charge on any atom is -0.329 e. The fourth-order valence-electron chi connectivity index (χ4n) is 2.07. The summed E-state index contributed by atoms with van der Waals surface area (Å²) in [6.07, 6.45) is 1.48. The maximum absolute atomic E-state index is 12.1. The molecule has 0 atom stereocenters. The standard InChI is InChI=1S/C15H21N3O2/c1-15(2,10-16)14(20)17-11-5-3-6-12(9-11)18-8-4-7-13(18)19/h3,5-6,9H,4,7-8,10,16H2,1-2H3,(H,17,20). The third kappa shape index (κ3) is 2.99. The van der Waals surface area contributed by atoms with Crippen molar-refractivity contribution in [2.24, 2.45) is 11.1 Å². The van der Waals surface area contributed by atoms with Crippen molar-refractivity contribution in [3.63, 3.8) is 0 Å². The van der Waals surface area contributed by atoms with Crippen molar-refractivity contribution in [2.45, 2.75) is 26.7 Å². The van der Waals surface area contributed by atoms with Crippen molar-refractivity contribution in [3.05, 3.63) is 24.3 Å². The number of amides is 2. The van der Waals surface area contributed by atoms with Gasteiger partial charge in [-0.25, -0.2) is 0 Å². The van der Waals surface area contributed by atoms with Crippen molar-refractivity contribution in [3.8, 4) is 0 Å². The lowest BCUT2D eigenvalue weighted by molar-refractivity contribution is -0.123. The van der Waals surface area contributed by atoms with Gasteiger partial charge in [-0.3, -0.25) is 9.59 Å². The zero-order valence-electron chi connectivity index (χ0n) is 12.0. The summed E-state index contributed by atoms with van der Waals surface area (Å²) in [7, 11) is 0. The summed E-state index contributed by atoms with van der Waals surface area (Å²) in [5.74, 6) is 0.0145. The third-order valence-electron chi connectivity index (χ3n) is 3.61. The van der Waals surface area contributed by atoms with E-state index in [-0.39, 0.29) is 18.4 Å². The average molecular weight is 275 g/mol. The molecule has 0 unspecified atom stereocenters. The highest BCUT2D eigenvalue weighted by molar-refractivity contribution is 5.98. The molecule has 0 aromatic heterocycles. The van der Waals surface area contributed by atoms with Crippen LogP contribution in [-0.2, 0) is 9.59 Å². The number of rotatable bonds is 4. The molecule has 0 aliphatic carbocycles. The molecule has 1 saturated heterocycles. The van der Waals surface area contributed by atoms with E-state index in [1.807, 2.05) is 24.3 Å². The molecule has 5 heteroatoms. The highest BCUT2D eigenvalue weighted by atomic mass is 16.2. The quantitative estimate of drug-likeness (QED) is 0.878. The second-order valence-corrected chi connectivity index (χ2v) is 5.74. The molecule has 1 aromatic carbocycles. The third-order valence-corrected chi connectivity index (χ3v) is 3.61. The van der Waals surface area contributed by atoms with Gasteiger partial charge in [-0.2, -0.15) is 0 Å². The molecule has 2 amide bonds. The van der Waals surface area contributed by atoms with Gasteiger partial charge in [0.25, 0.3) is 0 Å². The van der Waals surface area contributed by atoms with Crippen LogP contribution in [0, 0.1) is 5.41 Å². The molecule has 20 heavy (non-hydrogen) atoms. The molecular weight excluding hydrogens is 254 g/mol. The molecule has 0 saturated carbocycles. The van der Waals surface area contributed by atoms with Crippen LogP contribution in [0.25, 0.3) is 0 Å². The minimum atomic E-state index is -0.612. The predicted molar refractivity (Wildman–Crippen MR) is 79.5 cm³/mol. The molecule has 1 aliphatic rings. The number of anilines is 2. The van der Waals surface area contributed by atoms with E-state index in [2.05, 4.69) is 5.32 Å². The Morgan fingerprint density at radius 2 is 2.20 bits per heavy atom. The van der Waals surface area contributed by atoms with Crippen LogP contribution in [0.4, 0.5) is 11.4 Å². The number of nitrogens with zero attached hydrogens (tertiary/aromatic N) is 1. The molecule has 0 spiro atoms. The fraction of sp³-hybridized carbons (Fsp3) is 0.467. The monoisotopic (exact) mass is 275 g/mol. The zero-order valence-corrected chi connectivity index (χ0v) is 12.0. The summed E-state index contributed by atoms with van der Waals surface area (Å²) in [5, 5.41) is 2.85. The number of nitrogens with one attached hydrogen (secondary N) is 1. The lowest BCUT2D eigenvalue weighted by Gasteiger charge is -2.22. The van der Waals surface area contributed by atoms with E-state index in [1.165, 1.54) is 0 Å². The van der Waals surface area contributed by atoms with Crippen LogP contribution in [0.3, 0.4) is 0 Å². The summed E-state index contributed by atoms with van der Waals surface area (Å²) >= 11 is 0. The maximum atomic E-state index is 12.1. The van der Waals surface area contributed by atoms with E-state index in [0.29, 0.717) is 12.1 Å². The summed E-state index contributed by atoms with van der Waals surface area (Å²) in [5.41, 5.74) is 6.50. The summed E-state index contributed by atoms with van der Waals surface area (Å²) < 4.78 is 0. The van der Waals surface area contributed by atoms with Gasteiger partial charge in [0.2, 0.25) is 11.8 Å². The Labute approximate surface area is 119 Å². The van der Waals surface area contributed by atoms with Crippen LogP contribution in [0.2, 0.25) is 0 Å². The van der Waals surface area contributed by atoms with E-state index < -0.39 is 5.41 Å². The van der Waals surface area contributed by atoms with Crippen molar-refractivity contribution < 1.29 is 9.59 Å². The van der Waals surface area contributed by atoms with E-state index in [1.54, 1.807) is 18.7 Å². The van der Waals surface area contributed by atoms with Gasteiger partial charge in [0, 0.05) is 30.9 Å². The van der Waals surface area contributed by atoms with Crippen LogP contribution in [0.1, 0.15) is 26.7 Å². The Kier molecular flexibility index (Phi) is 4.09. The molecule has 0 radical (unpaired) electrons. The summed E-state index contributed by atoms with van der Waals surface area (Å²) in [6.45, 7) is 4.63. The minimum absolute atomic E-state index is 0.120. The maximum Gasteiger partial charge on any atom is 0.231 e. The van der Waals surface area contributed by atoms with Crippen LogP contribution < -0.4 is 16.0 Å². The first kappa shape index (κ1) is 14.5. The Hall–Kier alpha value is -1.88. The van der Waals surface area contributed by atoms with Crippen molar-refractivity contribution in [2.75, 3.05) is 23.3 Å². The number of hydrogen-bond donors (Lipinski definition) is 2. The molecule has 1 heterocycles. The Balaban J connectivity index is 2.14. The second kappa shape index (κ2) is 5.63. The van der Waals surface area contributed by atoms with Crippen LogP contribution in [-0.4, -0.2) is 24.9 Å². The lowest BCUT2D eigenvalue weighted by Crippen LogP contribution is -2.37. The van der Waals surface area contributed by atoms with Crippen molar-refractivity contribution in [1.82, 2.24) is 0 Å². The molecule has 3 N–H and O–H groups in total. The normalized spacial score (nSPS) is 15.6. The first-order valence-electron chi connectivity index (χ1n) is 6.86. The number of carbonyl (C=O) groups excluding carboxylic acids is 2. The molecule has 5 nitrogen and oxygen atoms in total. The Morgan fingerprint density at radius 3 is 2.80 bits per heavy atom. The Morgan fingerprint density at radius 1 is 1.45 bits per heavy atom. The van der Waals surface area contributed by atoms with Gasteiger partial charge in [0.05, 0.1) is 5.41 Å². The SMILES string of the molecule is CC(C)(CN)C(=O)Nc1cccc(N2CCCC2=O)c1. The zero-order chi connectivity index (χ0) is 14.8. The van der Waals surface area contributed by atoms with Crippen LogP contribution in [0.15, 0.2) is 24.3 Å². The molecule has 0 bridgehead atoms. The van der Waals surface area contributed by atoms with Crippen molar-refractivity contribution in [1.29, 1.82) is 0 Å². The van der Waals surface area contributed by atoms with Gasteiger partial charge < -0.3 is 16.0 Å². The fourth-order valence-corrected chi connectivity index (χ4v) is 2.07. The lowest BCUT2D eigenvalue weighted by atomic mass is 9.92. The van der Waals surface area contributed by atoms with E-state index in [0.717, 1.165) is 18.7 Å². The Bertz CT molecular complexity index is 526. The van der Waals surface area contributed by atoms with E-state index >= 15 is 0 Å². The molecular formula is C15H21N3O2. The smallest absolute Gasteiger partial charge is 0.231 e. The van der Waals surface area contributed by atoms with Crippen molar-refractivity contribution >= 4 is 23.2 Å². The van der Waals surface area contributed by atoms with E-state index in [4.69, 9.17) is 5.73 Å². The molecule has 1 aliphatic heterocycles. The van der Waals surface area contributed by atoms with Gasteiger partial charge in [0.15, 0.2) is 0 Å². The highest BCUT2D eigenvalue weighted by Gasteiger charge is 2.26. The summed E-state index contributed by atoms with van der Waals surface area (Å²) in [4.78, 5) is 25.6. The average Bonchev–Trinajstić information content (AvgIpc) is 2.85. The van der Waals surface area contributed by atoms with Crippen LogP contribution in [0.5, 0.6) is 0 Å². The van der Waals surface area contributed by atoms with Gasteiger partial charge in [0.1, 0.15) is 0 Å². The highest BCUT2D eigenvalue weighted by Crippen LogP contribution is 2.25. The first-order valence-corrected chi connectivity index (χ1v) is 6.86. The van der Waals surface area contributed by atoms with Gasteiger partial charge >= 0.3 is 0 Å². The number of hydrogen-bond acceptors (Lipinski definition) is 3. The molecule has 1 aromatic rings. The second-order valence-electron chi connectivity index (χ2n) is 5.74. The molecule has 108 valence electrons. The van der Waals surface area contributed by atoms with Gasteiger partial charge in [-0.05, 0) is 38.5 Å². The predicted octanol–water partition coefficient (Wildman–Crippen LogP) is 1.74. The van der Waals surface area contributed by atoms with Crippen LogP contribution >= 0.6 is 0 Å².